The number of rotatable bonds is 18. The summed E-state index contributed by atoms with van der Waals surface area (Å²) >= 11 is 0. The number of carbonyl (C=O) groups excluding carboxylic acids is 2. The van der Waals surface area contributed by atoms with Crippen LogP contribution < -0.4 is 59.1 Å². The molecule has 0 aromatic carbocycles. The number of carboxylic acids is 1. The Kier molecular flexibility index (Phi) is 30.9. The zero-order chi connectivity index (χ0) is 20.2. The van der Waals surface area contributed by atoms with E-state index in [2.05, 4.69) is 23.8 Å². The van der Waals surface area contributed by atoms with E-state index in [1.54, 1.807) is 0 Å². The van der Waals surface area contributed by atoms with Gasteiger partial charge in [0.25, 0.3) is 0 Å². The first-order valence-electron chi connectivity index (χ1n) is 10.7. The molecule has 7 heteroatoms. The SMILES string of the molecule is CCCCCCCC/C=C\CCCCCCCC(=O)OC(=O)CCC(=O)O.[H-].[H-].[Na+].[Na+]. The van der Waals surface area contributed by atoms with Crippen LogP contribution in [0.4, 0.5) is 0 Å². The quantitative estimate of drug-likeness (QED) is 0.110. The molecule has 0 spiro atoms. The summed E-state index contributed by atoms with van der Waals surface area (Å²) in [6, 6.07) is 0. The van der Waals surface area contributed by atoms with Gasteiger partial charge >= 0.3 is 77.0 Å². The van der Waals surface area contributed by atoms with Crippen molar-refractivity contribution in [3.63, 3.8) is 0 Å². The number of aliphatic carboxylic acids is 1. The molecule has 1 N–H and O–H groups in total. The molecule has 0 aliphatic carbocycles. The molecule has 160 valence electrons. The number of hydrogen-bond donors (Lipinski definition) is 1. The number of allylic oxidation sites excluding steroid dienone is 2. The third-order valence-corrected chi connectivity index (χ3v) is 4.41. The molecular formula is C22H40Na2O5. The fraction of sp³-hybridized carbons (Fsp3) is 0.773. The minimum atomic E-state index is -1.07. The third-order valence-electron chi connectivity index (χ3n) is 4.41. The summed E-state index contributed by atoms with van der Waals surface area (Å²) in [6.45, 7) is 2.24. The predicted octanol–water partition coefficient (Wildman–Crippen LogP) is 0.192. The summed E-state index contributed by atoms with van der Waals surface area (Å²) in [4.78, 5) is 33.0. The van der Waals surface area contributed by atoms with Gasteiger partial charge in [-0.3, -0.25) is 14.4 Å². The average Bonchev–Trinajstić information content (AvgIpc) is 2.63. The minimum Gasteiger partial charge on any atom is -1.00 e. The molecule has 0 atom stereocenters. The van der Waals surface area contributed by atoms with E-state index < -0.39 is 17.9 Å². The molecule has 0 amide bonds. The van der Waals surface area contributed by atoms with Crippen LogP contribution in [-0.2, 0) is 19.1 Å². The molecule has 0 aliphatic heterocycles. The van der Waals surface area contributed by atoms with E-state index in [-0.39, 0.29) is 81.2 Å². The Bertz CT molecular complexity index is 450. The number of unbranched alkanes of at least 4 members (excludes halogenated alkanes) is 11. The second-order valence-electron chi connectivity index (χ2n) is 7.07. The Morgan fingerprint density at radius 1 is 0.690 bits per heavy atom. The molecule has 0 fully saturated rings. The fourth-order valence-corrected chi connectivity index (χ4v) is 2.78. The monoisotopic (exact) mass is 430 g/mol. The van der Waals surface area contributed by atoms with Crippen LogP contribution in [0.3, 0.4) is 0 Å². The fourth-order valence-electron chi connectivity index (χ4n) is 2.78. The molecule has 0 radical (unpaired) electrons. The first kappa shape index (κ1) is 34.0. The number of carbonyl (C=O) groups is 3. The van der Waals surface area contributed by atoms with E-state index in [9.17, 15) is 14.4 Å². The summed E-state index contributed by atoms with van der Waals surface area (Å²) in [5.41, 5.74) is 0. The van der Waals surface area contributed by atoms with Gasteiger partial charge in [0.2, 0.25) is 0 Å². The summed E-state index contributed by atoms with van der Waals surface area (Å²) in [7, 11) is 0. The average molecular weight is 431 g/mol. The number of ether oxygens (including phenoxy) is 1. The topological polar surface area (TPSA) is 80.7 Å². The van der Waals surface area contributed by atoms with Gasteiger partial charge in [0.1, 0.15) is 0 Å². The maximum Gasteiger partial charge on any atom is 1.00 e. The van der Waals surface area contributed by atoms with Gasteiger partial charge in [-0.2, -0.15) is 0 Å². The van der Waals surface area contributed by atoms with Crippen LogP contribution in [0.25, 0.3) is 0 Å². The Morgan fingerprint density at radius 2 is 1.14 bits per heavy atom. The molecule has 0 rings (SSSR count). The van der Waals surface area contributed by atoms with Crippen molar-refractivity contribution < 1.29 is 86.2 Å². The van der Waals surface area contributed by atoms with Crippen molar-refractivity contribution in [2.24, 2.45) is 0 Å². The number of carboxylic acid groups (broad SMARTS) is 1. The third kappa shape index (κ3) is 28.4. The van der Waals surface area contributed by atoms with Crippen LogP contribution in [0.15, 0.2) is 12.2 Å². The molecule has 0 saturated heterocycles. The zero-order valence-corrected chi connectivity index (χ0v) is 23.0. The van der Waals surface area contributed by atoms with E-state index in [1.165, 1.54) is 51.4 Å². The van der Waals surface area contributed by atoms with E-state index in [0.29, 0.717) is 6.42 Å². The molecular weight excluding hydrogens is 390 g/mol. The van der Waals surface area contributed by atoms with Crippen molar-refractivity contribution in [1.29, 1.82) is 0 Å². The Labute approximate surface area is 224 Å². The Morgan fingerprint density at radius 3 is 1.66 bits per heavy atom. The molecule has 0 unspecified atom stereocenters. The molecule has 5 nitrogen and oxygen atoms in total. The molecule has 0 saturated carbocycles. The standard InChI is InChI=1S/C22H38O5.2Na.2H/c1-2-3-4-5-6-7-8-9-10-11-12-13-14-15-16-17-21(25)27-22(26)19-18-20(23)24;;;;/h9-10H,2-8,11-19H2,1H3,(H,23,24);;;;/q;2*+1;2*-1/b10-9-;;;;. The van der Waals surface area contributed by atoms with Crippen LogP contribution in [0.5, 0.6) is 0 Å². The van der Waals surface area contributed by atoms with Crippen LogP contribution in [-0.4, -0.2) is 23.0 Å². The molecule has 0 heterocycles. The summed E-state index contributed by atoms with van der Waals surface area (Å²) < 4.78 is 4.57. The normalized spacial score (nSPS) is 10.2. The van der Waals surface area contributed by atoms with Gasteiger partial charge < -0.3 is 12.7 Å². The first-order chi connectivity index (χ1) is 13.1. The Hall–Kier alpha value is 0.350. The first-order valence-corrected chi connectivity index (χ1v) is 10.7. The zero-order valence-electron chi connectivity index (χ0n) is 21.0. The van der Waals surface area contributed by atoms with E-state index in [4.69, 9.17) is 5.11 Å². The van der Waals surface area contributed by atoms with Crippen molar-refractivity contribution in [3.05, 3.63) is 12.2 Å². The van der Waals surface area contributed by atoms with Gasteiger partial charge in [-0.15, -0.1) is 0 Å². The van der Waals surface area contributed by atoms with Crippen LogP contribution in [0, 0.1) is 0 Å². The molecule has 0 aromatic heterocycles. The van der Waals surface area contributed by atoms with Gasteiger partial charge in [-0.1, -0.05) is 70.4 Å². The molecule has 29 heavy (non-hydrogen) atoms. The van der Waals surface area contributed by atoms with Gasteiger partial charge in [-0.05, 0) is 32.1 Å². The molecule has 0 aliphatic rings. The van der Waals surface area contributed by atoms with E-state index >= 15 is 0 Å². The van der Waals surface area contributed by atoms with Crippen LogP contribution in [0.2, 0.25) is 0 Å². The van der Waals surface area contributed by atoms with Gasteiger partial charge in [0.05, 0.1) is 12.8 Å². The smallest absolute Gasteiger partial charge is 1.00 e. The largest absolute Gasteiger partial charge is 1.00 e. The van der Waals surface area contributed by atoms with Crippen LogP contribution >= 0.6 is 0 Å². The summed E-state index contributed by atoms with van der Waals surface area (Å²) in [6.07, 6.45) is 19.7. The minimum absolute atomic E-state index is 0. The number of hydrogen-bond acceptors (Lipinski definition) is 4. The van der Waals surface area contributed by atoms with E-state index in [1.807, 2.05) is 0 Å². The maximum absolute atomic E-state index is 11.4. The summed E-state index contributed by atoms with van der Waals surface area (Å²) in [5.74, 6) is -2.38. The summed E-state index contributed by atoms with van der Waals surface area (Å²) in [5, 5.41) is 8.45. The van der Waals surface area contributed by atoms with Gasteiger partial charge in [-0.25, -0.2) is 0 Å². The van der Waals surface area contributed by atoms with Crippen LogP contribution in [0.1, 0.15) is 113 Å². The van der Waals surface area contributed by atoms with Crippen molar-refractivity contribution in [1.82, 2.24) is 0 Å². The number of esters is 2. The molecule has 0 aromatic rings. The van der Waals surface area contributed by atoms with Crippen molar-refractivity contribution >= 4 is 17.9 Å². The molecule has 0 bridgehead atoms. The Balaban J connectivity index is -0.000000563. The van der Waals surface area contributed by atoms with E-state index in [0.717, 1.165) is 25.7 Å². The maximum atomic E-state index is 11.4. The predicted molar refractivity (Wildman–Crippen MR) is 110 cm³/mol. The van der Waals surface area contributed by atoms with Crippen molar-refractivity contribution in [2.75, 3.05) is 0 Å². The van der Waals surface area contributed by atoms with Gasteiger partial charge in [0.15, 0.2) is 0 Å². The second kappa shape index (κ2) is 26.4. The van der Waals surface area contributed by atoms with Gasteiger partial charge in [0, 0.05) is 6.42 Å². The van der Waals surface area contributed by atoms with Crippen molar-refractivity contribution in [3.8, 4) is 0 Å². The second-order valence-corrected chi connectivity index (χ2v) is 7.07. The van der Waals surface area contributed by atoms with Crippen molar-refractivity contribution in [2.45, 2.75) is 110 Å².